The summed E-state index contributed by atoms with van der Waals surface area (Å²) in [7, 11) is 0. The van der Waals surface area contributed by atoms with Crippen LogP contribution in [0.5, 0.6) is 0 Å². The normalized spacial score (nSPS) is 24.1. The van der Waals surface area contributed by atoms with Crippen molar-refractivity contribution in [3.63, 3.8) is 0 Å². The van der Waals surface area contributed by atoms with Crippen molar-refractivity contribution in [2.75, 3.05) is 45.8 Å². The summed E-state index contributed by atoms with van der Waals surface area (Å²) in [5.74, 6) is 0.0900. The molecule has 2 N–H and O–H groups in total. The topological polar surface area (TPSA) is 52.8 Å². The third-order valence-electron chi connectivity index (χ3n) is 4.77. The van der Waals surface area contributed by atoms with Gasteiger partial charge in [0.15, 0.2) is 0 Å². The molecule has 5 heteroatoms. The second-order valence-electron chi connectivity index (χ2n) is 7.01. The Morgan fingerprint density at radius 3 is 2.05 bits per heavy atom. The minimum Gasteiger partial charge on any atom is -0.339 e. The highest BCUT2D eigenvalue weighted by atomic mass is 16.2. The summed E-state index contributed by atoms with van der Waals surface area (Å²) in [5.41, 5.74) is 5.71. The first-order chi connectivity index (χ1) is 9.41. The largest absolute Gasteiger partial charge is 0.339 e. The molecule has 2 aliphatic heterocycles. The fraction of sp³-hybridized carbons (Fsp3) is 0.933. The molecule has 0 bridgehead atoms. The van der Waals surface area contributed by atoms with Gasteiger partial charge in [0.2, 0.25) is 5.91 Å². The predicted molar refractivity (Wildman–Crippen MR) is 81.6 cm³/mol. The molecule has 0 aromatic heterocycles. The first-order valence-corrected chi connectivity index (χ1v) is 7.89. The highest BCUT2D eigenvalue weighted by Crippen LogP contribution is 2.23. The van der Waals surface area contributed by atoms with Gasteiger partial charge < -0.3 is 10.6 Å². The standard InChI is InChI=1S/C15H30N4O/c1-15(2,3)19-6-4-13(5-7-19)17-8-10-18(11-9-17)14(20)12-16/h13H,4-12,16H2,1-3H3. The second-order valence-corrected chi connectivity index (χ2v) is 7.01. The number of nitrogens with zero attached hydrogens (tertiary/aromatic N) is 3. The van der Waals surface area contributed by atoms with Crippen molar-refractivity contribution in [1.29, 1.82) is 0 Å². The predicted octanol–water partition coefficient (Wildman–Crippen LogP) is 0.352. The lowest BCUT2D eigenvalue weighted by Crippen LogP contribution is -2.56. The van der Waals surface area contributed by atoms with Crippen LogP contribution in [-0.2, 0) is 4.79 Å². The van der Waals surface area contributed by atoms with Gasteiger partial charge in [-0.05, 0) is 33.6 Å². The molecule has 0 aliphatic carbocycles. The number of likely N-dealkylation sites (tertiary alicyclic amines) is 1. The first-order valence-electron chi connectivity index (χ1n) is 7.89. The maximum Gasteiger partial charge on any atom is 0.236 e. The molecule has 1 amide bonds. The number of rotatable bonds is 2. The van der Waals surface area contributed by atoms with E-state index in [1.54, 1.807) is 0 Å². The van der Waals surface area contributed by atoms with Gasteiger partial charge in [0.1, 0.15) is 0 Å². The molecule has 5 nitrogen and oxygen atoms in total. The molecule has 2 fully saturated rings. The van der Waals surface area contributed by atoms with Crippen molar-refractivity contribution >= 4 is 5.91 Å². The first kappa shape index (κ1) is 15.7. The number of amides is 1. The van der Waals surface area contributed by atoms with E-state index in [0.29, 0.717) is 6.04 Å². The van der Waals surface area contributed by atoms with E-state index >= 15 is 0 Å². The fourth-order valence-electron chi connectivity index (χ4n) is 3.37. The van der Waals surface area contributed by atoms with E-state index in [1.165, 1.54) is 25.9 Å². The van der Waals surface area contributed by atoms with Gasteiger partial charge in [-0.1, -0.05) is 0 Å². The van der Waals surface area contributed by atoms with E-state index in [4.69, 9.17) is 5.73 Å². The molecule has 2 aliphatic rings. The Morgan fingerprint density at radius 2 is 1.60 bits per heavy atom. The quantitative estimate of drug-likeness (QED) is 0.794. The van der Waals surface area contributed by atoms with E-state index in [2.05, 4.69) is 30.6 Å². The number of nitrogens with two attached hydrogens (primary N) is 1. The zero-order valence-corrected chi connectivity index (χ0v) is 13.3. The summed E-state index contributed by atoms with van der Waals surface area (Å²) in [6, 6.07) is 0.698. The summed E-state index contributed by atoms with van der Waals surface area (Å²) in [5, 5.41) is 0. The Kier molecular flexibility index (Phi) is 5.04. The molecule has 0 atom stereocenters. The van der Waals surface area contributed by atoms with Crippen LogP contribution in [0.3, 0.4) is 0 Å². The lowest BCUT2D eigenvalue weighted by Gasteiger charge is -2.46. The Hall–Kier alpha value is -0.650. The van der Waals surface area contributed by atoms with Gasteiger partial charge in [-0.3, -0.25) is 14.6 Å². The summed E-state index contributed by atoms with van der Waals surface area (Å²) < 4.78 is 0. The Bertz CT molecular complexity index is 323. The SMILES string of the molecule is CC(C)(C)N1CCC(N2CCN(C(=O)CN)CC2)CC1. The third-order valence-corrected chi connectivity index (χ3v) is 4.77. The van der Waals surface area contributed by atoms with Crippen LogP contribution in [0.25, 0.3) is 0 Å². The average molecular weight is 282 g/mol. The number of carbonyl (C=O) groups excluding carboxylic acids is 1. The zero-order chi connectivity index (χ0) is 14.8. The molecule has 0 unspecified atom stereocenters. The van der Waals surface area contributed by atoms with Crippen LogP contribution < -0.4 is 5.73 Å². The fourth-order valence-corrected chi connectivity index (χ4v) is 3.37. The van der Waals surface area contributed by atoms with Gasteiger partial charge in [0, 0.05) is 50.8 Å². The maximum absolute atomic E-state index is 11.6. The number of hydrogen-bond acceptors (Lipinski definition) is 4. The minimum atomic E-state index is 0.0900. The molecular formula is C15H30N4O. The van der Waals surface area contributed by atoms with Crippen LogP contribution >= 0.6 is 0 Å². The monoisotopic (exact) mass is 282 g/mol. The van der Waals surface area contributed by atoms with E-state index in [9.17, 15) is 4.79 Å². The highest BCUT2D eigenvalue weighted by Gasteiger charge is 2.31. The van der Waals surface area contributed by atoms with Crippen LogP contribution in [0, 0.1) is 0 Å². The maximum atomic E-state index is 11.6. The van der Waals surface area contributed by atoms with E-state index in [-0.39, 0.29) is 18.0 Å². The second kappa shape index (κ2) is 6.41. The molecule has 0 saturated carbocycles. The van der Waals surface area contributed by atoms with E-state index in [1.807, 2.05) is 4.90 Å². The molecular weight excluding hydrogens is 252 g/mol. The van der Waals surface area contributed by atoms with Crippen molar-refractivity contribution in [2.24, 2.45) is 5.73 Å². The van der Waals surface area contributed by atoms with Gasteiger partial charge in [0.25, 0.3) is 0 Å². The Labute approximate surface area is 123 Å². The molecule has 0 aromatic carbocycles. The molecule has 20 heavy (non-hydrogen) atoms. The minimum absolute atomic E-state index is 0.0900. The summed E-state index contributed by atoms with van der Waals surface area (Å²) in [4.78, 5) is 18.6. The lowest BCUT2D eigenvalue weighted by atomic mass is 9.96. The highest BCUT2D eigenvalue weighted by molar-refractivity contribution is 5.78. The van der Waals surface area contributed by atoms with Crippen LogP contribution in [0.2, 0.25) is 0 Å². The summed E-state index contributed by atoms with van der Waals surface area (Å²) in [6.07, 6.45) is 2.50. The van der Waals surface area contributed by atoms with Crippen molar-refractivity contribution in [1.82, 2.24) is 14.7 Å². The number of piperazine rings is 1. The smallest absolute Gasteiger partial charge is 0.236 e. The Balaban J connectivity index is 1.77. The van der Waals surface area contributed by atoms with Gasteiger partial charge in [0.05, 0.1) is 6.54 Å². The molecule has 2 saturated heterocycles. The molecule has 2 rings (SSSR count). The molecule has 0 radical (unpaired) electrons. The van der Waals surface area contributed by atoms with Gasteiger partial charge in [-0.25, -0.2) is 0 Å². The molecule has 0 spiro atoms. The van der Waals surface area contributed by atoms with Crippen molar-refractivity contribution in [3.8, 4) is 0 Å². The van der Waals surface area contributed by atoms with Crippen molar-refractivity contribution < 1.29 is 4.79 Å². The van der Waals surface area contributed by atoms with Gasteiger partial charge >= 0.3 is 0 Å². The van der Waals surface area contributed by atoms with Crippen molar-refractivity contribution in [2.45, 2.75) is 45.2 Å². The van der Waals surface area contributed by atoms with Crippen molar-refractivity contribution in [3.05, 3.63) is 0 Å². The van der Waals surface area contributed by atoms with Crippen LogP contribution in [0.1, 0.15) is 33.6 Å². The average Bonchev–Trinajstić information content (AvgIpc) is 2.46. The summed E-state index contributed by atoms with van der Waals surface area (Å²) in [6.45, 7) is 13.1. The molecule has 0 aromatic rings. The van der Waals surface area contributed by atoms with Crippen LogP contribution in [0.15, 0.2) is 0 Å². The third kappa shape index (κ3) is 3.71. The molecule has 2 heterocycles. The van der Waals surface area contributed by atoms with Crippen LogP contribution in [0.4, 0.5) is 0 Å². The van der Waals surface area contributed by atoms with Crippen LogP contribution in [-0.4, -0.2) is 78.0 Å². The van der Waals surface area contributed by atoms with E-state index < -0.39 is 0 Å². The number of carbonyl (C=O) groups is 1. The van der Waals surface area contributed by atoms with E-state index in [0.717, 1.165) is 26.2 Å². The lowest BCUT2D eigenvalue weighted by molar-refractivity contribution is -0.131. The van der Waals surface area contributed by atoms with Gasteiger partial charge in [-0.2, -0.15) is 0 Å². The zero-order valence-electron chi connectivity index (χ0n) is 13.3. The van der Waals surface area contributed by atoms with Gasteiger partial charge in [-0.15, -0.1) is 0 Å². The number of piperidine rings is 1. The Morgan fingerprint density at radius 1 is 1.05 bits per heavy atom. The number of hydrogen-bond donors (Lipinski definition) is 1. The molecule has 116 valence electrons. The summed E-state index contributed by atoms with van der Waals surface area (Å²) >= 11 is 0.